The zero-order valence-electron chi connectivity index (χ0n) is 12.3. The molecule has 1 heterocycles. The molecule has 2 N–H and O–H groups in total. The fourth-order valence-electron chi connectivity index (χ4n) is 2.75. The van der Waals surface area contributed by atoms with Gasteiger partial charge in [0.05, 0.1) is 0 Å². The lowest BCUT2D eigenvalue weighted by molar-refractivity contribution is 0.319. The molecule has 1 aliphatic rings. The Kier molecular flexibility index (Phi) is 4.07. The molecule has 1 aliphatic carbocycles. The Bertz CT molecular complexity index is 433. The minimum Gasteiger partial charge on any atom is -0.368 e. The van der Waals surface area contributed by atoms with Gasteiger partial charge in [0.1, 0.15) is 0 Å². The van der Waals surface area contributed by atoms with Gasteiger partial charge in [0.25, 0.3) is 0 Å². The average Bonchev–Trinajstić information content (AvgIpc) is 2.37. The van der Waals surface area contributed by atoms with E-state index >= 15 is 0 Å². The standard InChI is InChI=1S/C13H24N6/c1-9-7-5-6-8-10(9)19(4)13-16-11(14)15-12(17-13)18(2)3/h9-10H,5-8H2,1-4H3,(H2,14,15,16,17). The summed E-state index contributed by atoms with van der Waals surface area (Å²) in [6, 6.07) is 0.491. The molecule has 1 aromatic heterocycles. The minimum atomic E-state index is 0.281. The Morgan fingerprint density at radius 2 is 1.63 bits per heavy atom. The van der Waals surface area contributed by atoms with Gasteiger partial charge in [0, 0.05) is 27.2 Å². The highest BCUT2D eigenvalue weighted by Gasteiger charge is 2.27. The Morgan fingerprint density at radius 3 is 2.26 bits per heavy atom. The van der Waals surface area contributed by atoms with Gasteiger partial charge in [-0.3, -0.25) is 0 Å². The van der Waals surface area contributed by atoms with Crippen LogP contribution < -0.4 is 15.5 Å². The second-order valence-corrected chi connectivity index (χ2v) is 5.63. The van der Waals surface area contributed by atoms with E-state index in [0.29, 0.717) is 23.9 Å². The van der Waals surface area contributed by atoms with E-state index in [9.17, 15) is 0 Å². The third kappa shape index (κ3) is 3.05. The first-order valence-electron chi connectivity index (χ1n) is 6.90. The van der Waals surface area contributed by atoms with Gasteiger partial charge >= 0.3 is 0 Å². The van der Waals surface area contributed by atoms with E-state index in [0.717, 1.165) is 0 Å². The molecule has 2 atom stereocenters. The Morgan fingerprint density at radius 1 is 1.00 bits per heavy atom. The average molecular weight is 264 g/mol. The van der Waals surface area contributed by atoms with Crippen molar-refractivity contribution in [1.29, 1.82) is 0 Å². The Hall–Kier alpha value is -1.59. The van der Waals surface area contributed by atoms with Crippen LogP contribution in [-0.4, -0.2) is 42.1 Å². The first-order valence-corrected chi connectivity index (χ1v) is 6.90. The molecular formula is C13H24N6. The molecule has 0 aromatic carbocycles. The second-order valence-electron chi connectivity index (χ2n) is 5.63. The van der Waals surface area contributed by atoms with Gasteiger partial charge in [-0.25, -0.2) is 0 Å². The van der Waals surface area contributed by atoms with Crippen LogP contribution in [0.15, 0.2) is 0 Å². The van der Waals surface area contributed by atoms with Crippen LogP contribution in [0.3, 0.4) is 0 Å². The summed E-state index contributed by atoms with van der Waals surface area (Å²) in [6.07, 6.45) is 5.07. The Labute approximate surface area is 115 Å². The van der Waals surface area contributed by atoms with Crippen LogP contribution in [0, 0.1) is 5.92 Å². The van der Waals surface area contributed by atoms with Gasteiger partial charge in [-0.1, -0.05) is 19.8 Å². The smallest absolute Gasteiger partial charge is 0.231 e. The van der Waals surface area contributed by atoms with Crippen molar-refractivity contribution in [3.8, 4) is 0 Å². The maximum atomic E-state index is 5.78. The number of nitrogens with two attached hydrogens (primary N) is 1. The molecule has 2 unspecified atom stereocenters. The zero-order chi connectivity index (χ0) is 14.0. The first kappa shape index (κ1) is 13.8. The normalized spacial score (nSPS) is 23.2. The van der Waals surface area contributed by atoms with E-state index in [-0.39, 0.29) is 5.95 Å². The van der Waals surface area contributed by atoms with Gasteiger partial charge in [0.15, 0.2) is 0 Å². The molecule has 0 amide bonds. The molecule has 1 aromatic rings. The fourth-order valence-corrected chi connectivity index (χ4v) is 2.75. The van der Waals surface area contributed by atoms with Crippen molar-refractivity contribution in [2.45, 2.75) is 38.6 Å². The maximum absolute atomic E-state index is 5.78. The quantitative estimate of drug-likeness (QED) is 0.893. The lowest BCUT2D eigenvalue weighted by Crippen LogP contribution is -2.40. The molecule has 0 saturated heterocycles. The molecule has 2 rings (SSSR count). The van der Waals surface area contributed by atoms with E-state index in [1.165, 1.54) is 25.7 Å². The van der Waals surface area contributed by atoms with Crippen molar-refractivity contribution < 1.29 is 0 Å². The molecule has 1 fully saturated rings. The summed E-state index contributed by atoms with van der Waals surface area (Å²) in [5.74, 6) is 2.23. The van der Waals surface area contributed by atoms with Crippen molar-refractivity contribution >= 4 is 17.8 Å². The van der Waals surface area contributed by atoms with Gasteiger partial charge in [-0.2, -0.15) is 15.0 Å². The van der Waals surface area contributed by atoms with Crippen molar-refractivity contribution in [3.63, 3.8) is 0 Å². The van der Waals surface area contributed by atoms with Crippen molar-refractivity contribution in [1.82, 2.24) is 15.0 Å². The van der Waals surface area contributed by atoms with Gasteiger partial charge in [-0.05, 0) is 18.8 Å². The maximum Gasteiger partial charge on any atom is 0.231 e. The SMILES string of the molecule is CC1CCCCC1N(C)c1nc(N)nc(N(C)C)n1. The Balaban J connectivity index is 2.24. The molecule has 19 heavy (non-hydrogen) atoms. The van der Waals surface area contributed by atoms with Crippen LogP contribution in [0.5, 0.6) is 0 Å². The monoisotopic (exact) mass is 264 g/mol. The highest BCUT2D eigenvalue weighted by Crippen LogP contribution is 2.29. The van der Waals surface area contributed by atoms with Crippen molar-refractivity contribution in [2.75, 3.05) is 36.7 Å². The molecule has 6 heteroatoms. The minimum absolute atomic E-state index is 0.281. The van der Waals surface area contributed by atoms with Crippen LogP contribution >= 0.6 is 0 Å². The zero-order valence-corrected chi connectivity index (χ0v) is 12.3. The predicted octanol–water partition coefficient (Wildman–Crippen LogP) is 1.53. The van der Waals surface area contributed by atoms with Crippen LogP contribution in [0.1, 0.15) is 32.6 Å². The third-order valence-electron chi connectivity index (χ3n) is 3.91. The number of hydrogen-bond donors (Lipinski definition) is 1. The molecule has 0 radical (unpaired) electrons. The molecule has 0 spiro atoms. The van der Waals surface area contributed by atoms with Crippen LogP contribution in [0.2, 0.25) is 0 Å². The number of anilines is 3. The number of rotatable bonds is 3. The lowest BCUT2D eigenvalue weighted by Gasteiger charge is -2.36. The molecule has 0 aliphatic heterocycles. The summed E-state index contributed by atoms with van der Waals surface area (Å²) < 4.78 is 0. The highest BCUT2D eigenvalue weighted by molar-refractivity contribution is 5.43. The summed E-state index contributed by atoms with van der Waals surface area (Å²) >= 11 is 0. The molecule has 6 nitrogen and oxygen atoms in total. The third-order valence-corrected chi connectivity index (χ3v) is 3.91. The number of nitrogen functional groups attached to an aromatic ring is 1. The van der Waals surface area contributed by atoms with Gasteiger partial charge < -0.3 is 15.5 Å². The van der Waals surface area contributed by atoms with Crippen molar-refractivity contribution in [3.05, 3.63) is 0 Å². The number of nitrogens with zero attached hydrogens (tertiary/aromatic N) is 5. The molecular weight excluding hydrogens is 240 g/mol. The topological polar surface area (TPSA) is 71.2 Å². The van der Waals surface area contributed by atoms with E-state index in [2.05, 4.69) is 33.8 Å². The molecule has 0 bridgehead atoms. The predicted molar refractivity (Wildman–Crippen MR) is 78.4 cm³/mol. The summed E-state index contributed by atoms with van der Waals surface area (Å²) in [4.78, 5) is 16.9. The van der Waals surface area contributed by atoms with Gasteiger partial charge in [0.2, 0.25) is 17.8 Å². The van der Waals surface area contributed by atoms with Gasteiger partial charge in [-0.15, -0.1) is 0 Å². The summed E-state index contributed by atoms with van der Waals surface area (Å²) in [7, 11) is 5.87. The van der Waals surface area contributed by atoms with Crippen LogP contribution in [0.25, 0.3) is 0 Å². The van der Waals surface area contributed by atoms with E-state index < -0.39 is 0 Å². The summed E-state index contributed by atoms with van der Waals surface area (Å²) in [5.41, 5.74) is 5.78. The highest BCUT2D eigenvalue weighted by atomic mass is 15.3. The summed E-state index contributed by atoms with van der Waals surface area (Å²) in [5, 5.41) is 0. The van der Waals surface area contributed by atoms with Crippen LogP contribution in [0.4, 0.5) is 17.8 Å². The largest absolute Gasteiger partial charge is 0.368 e. The lowest BCUT2D eigenvalue weighted by atomic mass is 9.85. The van der Waals surface area contributed by atoms with E-state index in [4.69, 9.17) is 5.73 Å². The molecule has 1 saturated carbocycles. The molecule has 106 valence electrons. The van der Waals surface area contributed by atoms with Crippen LogP contribution in [-0.2, 0) is 0 Å². The summed E-state index contributed by atoms with van der Waals surface area (Å²) in [6.45, 7) is 2.30. The number of aromatic nitrogens is 3. The van der Waals surface area contributed by atoms with E-state index in [1.807, 2.05) is 19.0 Å². The van der Waals surface area contributed by atoms with E-state index in [1.54, 1.807) is 0 Å². The van der Waals surface area contributed by atoms with Crippen molar-refractivity contribution in [2.24, 2.45) is 5.92 Å². The number of hydrogen-bond acceptors (Lipinski definition) is 6. The fraction of sp³-hybridized carbons (Fsp3) is 0.769. The second kappa shape index (κ2) is 5.59. The first-order chi connectivity index (χ1) is 8.99.